The number of aromatic nitrogens is 3. The second-order valence-electron chi connectivity index (χ2n) is 7.89. The molecule has 2 heterocycles. The number of azo groups is 1. The summed E-state index contributed by atoms with van der Waals surface area (Å²) in [4.78, 5) is 13.3. The molecule has 0 unspecified atom stereocenters. The Labute approximate surface area is 211 Å². The van der Waals surface area contributed by atoms with E-state index in [0.717, 1.165) is 0 Å². The zero-order chi connectivity index (χ0) is 26.0. The molecule has 0 radical (unpaired) electrons. The van der Waals surface area contributed by atoms with Gasteiger partial charge < -0.3 is 9.63 Å². The highest BCUT2D eigenvalue weighted by Gasteiger charge is 2.22. The summed E-state index contributed by atoms with van der Waals surface area (Å²) in [5.74, 6) is 0.133. The molecule has 37 heavy (non-hydrogen) atoms. The van der Waals surface area contributed by atoms with Crippen LogP contribution in [-0.4, -0.2) is 28.0 Å². The van der Waals surface area contributed by atoms with E-state index in [0.29, 0.717) is 17.1 Å². The van der Waals surface area contributed by atoms with Crippen molar-refractivity contribution in [2.24, 2.45) is 10.2 Å². The summed E-state index contributed by atoms with van der Waals surface area (Å²) in [6, 6.07) is 24.7. The largest absolute Gasteiger partial charge is 0.492 e. The molecule has 0 fully saturated rings. The molecule has 3 aromatic carbocycles. The highest BCUT2D eigenvalue weighted by Crippen LogP contribution is 2.30. The highest BCUT2D eigenvalue weighted by atomic mass is 32.2. The normalized spacial score (nSPS) is 11.7. The molecule has 0 bridgehead atoms. The molecular weight excluding hydrogens is 496 g/mol. The third kappa shape index (κ3) is 4.77. The SMILES string of the molecule is Cc1cc(NS(=O)(=O)c2ccc(N=Nc3c(O)n(-c4ccccc4)n(-c4ccccc4)c3=O)cc2)no1. The zero-order valence-electron chi connectivity index (χ0n) is 19.4. The van der Waals surface area contributed by atoms with Gasteiger partial charge in [0.05, 0.1) is 22.0 Å². The van der Waals surface area contributed by atoms with Gasteiger partial charge in [0.2, 0.25) is 11.6 Å². The molecule has 0 aliphatic carbocycles. The second kappa shape index (κ2) is 9.59. The van der Waals surface area contributed by atoms with Crippen molar-refractivity contribution in [3.63, 3.8) is 0 Å². The van der Waals surface area contributed by atoms with Gasteiger partial charge in [-0.25, -0.2) is 17.8 Å². The minimum Gasteiger partial charge on any atom is -0.492 e. The summed E-state index contributed by atoms with van der Waals surface area (Å²) in [5.41, 5.74) is 0.494. The fourth-order valence-electron chi connectivity index (χ4n) is 3.59. The number of benzene rings is 3. The average molecular weight is 517 g/mol. The third-order valence-electron chi connectivity index (χ3n) is 5.29. The average Bonchev–Trinajstić information content (AvgIpc) is 3.42. The summed E-state index contributed by atoms with van der Waals surface area (Å²) in [6.45, 7) is 1.64. The Kier molecular flexibility index (Phi) is 6.15. The Morgan fingerprint density at radius 3 is 2.03 bits per heavy atom. The van der Waals surface area contributed by atoms with Crippen molar-refractivity contribution in [1.82, 2.24) is 14.5 Å². The number of rotatable bonds is 7. The van der Waals surface area contributed by atoms with Gasteiger partial charge in [-0.05, 0) is 55.5 Å². The number of nitrogens with one attached hydrogen (secondary N) is 1. The van der Waals surface area contributed by atoms with Gasteiger partial charge in [0.1, 0.15) is 5.76 Å². The van der Waals surface area contributed by atoms with Gasteiger partial charge in [-0.15, -0.1) is 5.11 Å². The van der Waals surface area contributed by atoms with Crippen LogP contribution in [0.25, 0.3) is 11.4 Å². The smallest absolute Gasteiger partial charge is 0.303 e. The Hall–Kier alpha value is -4.97. The van der Waals surface area contributed by atoms with Crippen LogP contribution >= 0.6 is 0 Å². The molecule has 0 saturated carbocycles. The van der Waals surface area contributed by atoms with Crippen LogP contribution in [0.2, 0.25) is 0 Å². The monoisotopic (exact) mass is 516 g/mol. The van der Waals surface area contributed by atoms with Crippen molar-refractivity contribution in [3.05, 3.63) is 107 Å². The molecule has 5 rings (SSSR count). The number of anilines is 1. The lowest BCUT2D eigenvalue weighted by Gasteiger charge is -2.12. The van der Waals surface area contributed by atoms with E-state index in [9.17, 15) is 18.3 Å². The third-order valence-corrected chi connectivity index (χ3v) is 6.66. The molecule has 0 saturated heterocycles. The first-order valence-electron chi connectivity index (χ1n) is 11.0. The summed E-state index contributed by atoms with van der Waals surface area (Å²) in [6.07, 6.45) is 0. The van der Waals surface area contributed by atoms with Crippen molar-refractivity contribution in [2.75, 3.05) is 4.72 Å². The molecule has 0 atom stereocenters. The van der Waals surface area contributed by atoms with Crippen molar-refractivity contribution in [3.8, 4) is 17.3 Å². The number of aryl methyl sites for hydroxylation is 1. The first-order chi connectivity index (χ1) is 17.8. The minimum absolute atomic E-state index is 0.0309. The van der Waals surface area contributed by atoms with Crippen LogP contribution in [0.1, 0.15) is 5.76 Å². The lowest BCUT2D eigenvalue weighted by Crippen LogP contribution is -2.20. The van der Waals surface area contributed by atoms with Gasteiger partial charge in [-0.2, -0.15) is 5.11 Å². The van der Waals surface area contributed by atoms with Crippen LogP contribution in [0.4, 0.5) is 17.2 Å². The maximum Gasteiger partial charge on any atom is 0.303 e. The zero-order valence-corrected chi connectivity index (χ0v) is 20.2. The van der Waals surface area contributed by atoms with E-state index in [-0.39, 0.29) is 22.1 Å². The van der Waals surface area contributed by atoms with Crippen molar-refractivity contribution < 1.29 is 18.0 Å². The number of para-hydroxylation sites is 2. The van der Waals surface area contributed by atoms with Gasteiger partial charge in [0.15, 0.2) is 5.82 Å². The summed E-state index contributed by atoms with van der Waals surface area (Å²) in [5, 5.41) is 22.6. The quantitative estimate of drug-likeness (QED) is 0.296. The molecule has 5 aromatic rings. The number of hydrogen-bond acceptors (Lipinski definition) is 8. The van der Waals surface area contributed by atoms with Gasteiger partial charge in [-0.1, -0.05) is 41.6 Å². The summed E-state index contributed by atoms with van der Waals surface area (Å²) >= 11 is 0. The first-order valence-corrected chi connectivity index (χ1v) is 12.5. The van der Waals surface area contributed by atoms with Crippen molar-refractivity contribution in [1.29, 1.82) is 0 Å². The number of nitrogens with zero attached hydrogens (tertiary/aromatic N) is 5. The molecule has 2 aromatic heterocycles. The number of hydrogen-bond donors (Lipinski definition) is 2. The van der Waals surface area contributed by atoms with E-state index >= 15 is 0 Å². The molecule has 0 amide bonds. The van der Waals surface area contributed by atoms with Crippen LogP contribution in [-0.2, 0) is 10.0 Å². The van der Waals surface area contributed by atoms with Crippen LogP contribution in [0.3, 0.4) is 0 Å². The maximum atomic E-state index is 13.3. The van der Waals surface area contributed by atoms with E-state index in [4.69, 9.17) is 4.52 Å². The highest BCUT2D eigenvalue weighted by molar-refractivity contribution is 7.92. The van der Waals surface area contributed by atoms with Crippen LogP contribution in [0, 0.1) is 6.92 Å². The van der Waals surface area contributed by atoms with Gasteiger partial charge >= 0.3 is 5.56 Å². The predicted octanol–water partition coefficient (Wildman–Crippen LogP) is 4.85. The summed E-state index contributed by atoms with van der Waals surface area (Å²) in [7, 11) is -3.90. The second-order valence-corrected chi connectivity index (χ2v) is 9.58. The van der Waals surface area contributed by atoms with E-state index in [1.165, 1.54) is 39.7 Å². The summed E-state index contributed by atoms with van der Waals surface area (Å²) < 4.78 is 35.0. The van der Waals surface area contributed by atoms with Crippen LogP contribution < -0.4 is 10.3 Å². The van der Waals surface area contributed by atoms with Crippen molar-refractivity contribution in [2.45, 2.75) is 11.8 Å². The van der Waals surface area contributed by atoms with Gasteiger partial charge in [0, 0.05) is 6.07 Å². The topological polar surface area (TPSA) is 144 Å². The maximum absolute atomic E-state index is 13.3. The molecule has 186 valence electrons. The van der Waals surface area contributed by atoms with Gasteiger partial charge in [-0.3, -0.25) is 9.52 Å². The fraction of sp³-hybridized carbons (Fsp3) is 0.0400. The Morgan fingerprint density at radius 1 is 0.865 bits per heavy atom. The fourth-order valence-corrected chi connectivity index (χ4v) is 4.57. The van der Waals surface area contributed by atoms with Gasteiger partial charge in [0.25, 0.3) is 10.0 Å². The number of sulfonamides is 1. The van der Waals surface area contributed by atoms with Crippen LogP contribution in [0.5, 0.6) is 5.88 Å². The van der Waals surface area contributed by atoms with E-state index in [1.807, 2.05) is 12.1 Å². The van der Waals surface area contributed by atoms with Crippen molar-refractivity contribution >= 4 is 27.2 Å². The number of aromatic hydroxyl groups is 1. The predicted molar refractivity (Wildman–Crippen MR) is 136 cm³/mol. The molecular formula is C25H20N6O5S. The van der Waals surface area contributed by atoms with E-state index in [1.54, 1.807) is 55.5 Å². The molecule has 11 nitrogen and oxygen atoms in total. The Bertz CT molecular complexity index is 1740. The Balaban J connectivity index is 1.48. The molecule has 0 aliphatic heterocycles. The van der Waals surface area contributed by atoms with E-state index in [2.05, 4.69) is 20.1 Å². The molecule has 0 spiro atoms. The lowest BCUT2D eigenvalue weighted by molar-refractivity contribution is 0.400. The van der Waals surface area contributed by atoms with Crippen LogP contribution in [0.15, 0.2) is 115 Å². The molecule has 2 N–H and O–H groups in total. The Morgan fingerprint density at radius 2 is 1.46 bits per heavy atom. The minimum atomic E-state index is -3.90. The first kappa shape index (κ1) is 23.8. The molecule has 0 aliphatic rings. The molecule has 12 heteroatoms. The standard InChI is InChI=1S/C25H20N6O5S/c1-17-16-22(28-36-17)29-37(34,35)21-14-12-18(13-15-21)26-27-23-24(32)30(19-8-4-2-5-9-19)31(25(23)33)20-10-6-3-7-11-20/h2-16,32H,1H3,(H,28,29). The lowest BCUT2D eigenvalue weighted by atomic mass is 10.3. The van der Waals surface area contributed by atoms with E-state index < -0.39 is 21.5 Å².